The van der Waals surface area contributed by atoms with Crippen LogP contribution >= 0.6 is 11.3 Å². The van der Waals surface area contributed by atoms with Gasteiger partial charge in [-0.2, -0.15) is 14.6 Å². The van der Waals surface area contributed by atoms with E-state index in [1.807, 2.05) is 37.3 Å². The van der Waals surface area contributed by atoms with Gasteiger partial charge in [-0.05, 0) is 48.4 Å². The summed E-state index contributed by atoms with van der Waals surface area (Å²) >= 11 is 1.11. The molecule has 0 saturated carbocycles. The van der Waals surface area contributed by atoms with Crippen LogP contribution in [0.25, 0.3) is 17.1 Å². The van der Waals surface area contributed by atoms with Crippen LogP contribution in [0.5, 0.6) is 5.75 Å². The van der Waals surface area contributed by atoms with Crippen molar-refractivity contribution in [3.8, 4) is 5.75 Å². The van der Waals surface area contributed by atoms with Gasteiger partial charge in [0.1, 0.15) is 23.4 Å². The van der Waals surface area contributed by atoms with Gasteiger partial charge in [-0.15, -0.1) is 0 Å². The number of aromatic nitrogens is 3. The van der Waals surface area contributed by atoms with Gasteiger partial charge in [0.05, 0.1) is 4.53 Å². The first-order valence-electron chi connectivity index (χ1n) is 9.64. The first-order valence-corrected chi connectivity index (χ1v) is 10.5. The minimum absolute atomic E-state index is 0.132. The SMILES string of the molecule is C[C@H]1Oc2ccccc2C=C1/C=c1/sc2nc(=O)c(Cc3ccc(F)cc3)nn2c1=O. The van der Waals surface area contributed by atoms with E-state index in [1.54, 1.807) is 18.2 Å². The molecule has 154 valence electrons. The molecule has 31 heavy (non-hydrogen) atoms. The number of hydrogen-bond donors (Lipinski definition) is 0. The Labute approximate surface area is 179 Å². The van der Waals surface area contributed by atoms with E-state index in [-0.39, 0.29) is 34.6 Å². The second kappa shape index (κ2) is 7.55. The van der Waals surface area contributed by atoms with Gasteiger partial charge >= 0.3 is 0 Å². The second-order valence-corrected chi connectivity index (χ2v) is 8.23. The number of thiazole rings is 1. The van der Waals surface area contributed by atoms with Crippen LogP contribution < -0.4 is 20.4 Å². The van der Waals surface area contributed by atoms with Gasteiger partial charge < -0.3 is 4.74 Å². The van der Waals surface area contributed by atoms with Crippen LogP contribution in [0.1, 0.15) is 23.7 Å². The standard InChI is InChI=1S/C23H16FN3O3S/c1-13-16(11-15-4-2-3-5-19(15)30-13)12-20-22(29)27-23(31-20)25-21(28)18(26-27)10-14-6-8-17(24)9-7-14/h2-9,11-13H,10H2,1H3/b20-12+/t13-/m1/s1. The molecule has 2 aromatic carbocycles. The lowest BCUT2D eigenvalue weighted by Crippen LogP contribution is -2.29. The summed E-state index contributed by atoms with van der Waals surface area (Å²) in [6.07, 6.45) is 3.68. The highest BCUT2D eigenvalue weighted by Crippen LogP contribution is 2.29. The van der Waals surface area contributed by atoms with E-state index in [9.17, 15) is 14.0 Å². The van der Waals surface area contributed by atoms with E-state index < -0.39 is 5.56 Å². The van der Waals surface area contributed by atoms with E-state index >= 15 is 0 Å². The lowest BCUT2D eigenvalue weighted by atomic mass is 10.0. The van der Waals surface area contributed by atoms with Gasteiger partial charge in [0.2, 0.25) is 4.96 Å². The maximum atomic E-state index is 13.1. The molecule has 1 aliphatic rings. The summed E-state index contributed by atoms with van der Waals surface area (Å²) in [5.41, 5.74) is 1.77. The summed E-state index contributed by atoms with van der Waals surface area (Å²) in [7, 11) is 0. The molecular formula is C23H16FN3O3S. The summed E-state index contributed by atoms with van der Waals surface area (Å²) in [4.78, 5) is 29.6. The van der Waals surface area contributed by atoms with E-state index in [1.165, 1.54) is 12.1 Å². The Balaban J connectivity index is 1.58. The molecule has 2 aromatic heterocycles. The average Bonchev–Trinajstić information content (AvgIpc) is 3.05. The molecule has 0 saturated heterocycles. The smallest absolute Gasteiger partial charge is 0.296 e. The van der Waals surface area contributed by atoms with Crippen molar-refractivity contribution in [2.45, 2.75) is 19.4 Å². The topological polar surface area (TPSA) is 73.6 Å². The Kier molecular flexibility index (Phi) is 4.71. The highest BCUT2D eigenvalue weighted by Gasteiger charge is 2.18. The monoisotopic (exact) mass is 433 g/mol. The Hall–Kier alpha value is -3.65. The lowest BCUT2D eigenvalue weighted by molar-refractivity contribution is 0.259. The lowest BCUT2D eigenvalue weighted by Gasteiger charge is -2.22. The maximum Gasteiger partial charge on any atom is 0.296 e. The molecule has 0 unspecified atom stereocenters. The molecular weight excluding hydrogens is 417 g/mol. The molecule has 0 bridgehead atoms. The number of benzene rings is 2. The number of ether oxygens (including phenoxy) is 1. The molecule has 6 nitrogen and oxygen atoms in total. The largest absolute Gasteiger partial charge is 0.485 e. The molecule has 3 heterocycles. The fraction of sp³-hybridized carbons (Fsp3) is 0.130. The summed E-state index contributed by atoms with van der Waals surface area (Å²) in [6, 6.07) is 13.5. The first kappa shape index (κ1) is 19.3. The minimum atomic E-state index is -0.500. The van der Waals surface area contributed by atoms with Crippen LogP contribution in [0.4, 0.5) is 4.39 Å². The highest BCUT2D eigenvalue weighted by molar-refractivity contribution is 7.15. The summed E-state index contributed by atoms with van der Waals surface area (Å²) < 4.78 is 20.6. The molecule has 1 aliphatic heterocycles. The van der Waals surface area contributed by atoms with Crippen molar-refractivity contribution in [3.05, 3.63) is 102 Å². The van der Waals surface area contributed by atoms with Gasteiger partial charge in [0.15, 0.2) is 0 Å². The third-order valence-electron chi connectivity index (χ3n) is 5.05. The predicted molar refractivity (Wildman–Crippen MR) is 117 cm³/mol. The van der Waals surface area contributed by atoms with Gasteiger partial charge in [0.25, 0.3) is 11.1 Å². The van der Waals surface area contributed by atoms with Crippen molar-refractivity contribution < 1.29 is 9.13 Å². The third kappa shape index (κ3) is 3.66. The fourth-order valence-corrected chi connectivity index (χ4v) is 4.32. The number of rotatable bonds is 3. The van der Waals surface area contributed by atoms with E-state index in [2.05, 4.69) is 10.1 Å². The number of nitrogens with zero attached hydrogens (tertiary/aromatic N) is 3. The van der Waals surface area contributed by atoms with E-state index in [0.717, 1.165) is 32.7 Å². The Morgan fingerprint density at radius 1 is 1.16 bits per heavy atom. The zero-order valence-electron chi connectivity index (χ0n) is 16.4. The number of hydrogen-bond acceptors (Lipinski definition) is 6. The van der Waals surface area contributed by atoms with Crippen LogP contribution in [0.15, 0.2) is 63.7 Å². The Morgan fingerprint density at radius 2 is 1.94 bits per heavy atom. The average molecular weight is 433 g/mol. The zero-order valence-corrected chi connectivity index (χ0v) is 17.2. The highest BCUT2D eigenvalue weighted by atomic mass is 32.1. The molecule has 0 amide bonds. The van der Waals surface area contributed by atoms with Crippen molar-refractivity contribution in [2.24, 2.45) is 0 Å². The van der Waals surface area contributed by atoms with Gasteiger partial charge in [0, 0.05) is 12.0 Å². The van der Waals surface area contributed by atoms with Gasteiger partial charge in [-0.3, -0.25) is 9.59 Å². The maximum absolute atomic E-state index is 13.1. The Morgan fingerprint density at radius 3 is 2.74 bits per heavy atom. The van der Waals surface area contributed by atoms with Crippen LogP contribution in [0.3, 0.4) is 0 Å². The van der Waals surface area contributed by atoms with Crippen molar-refractivity contribution in [2.75, 3.05) is 0 Å². The van der Waals surface area contributed by atoms with Crippen LogP contribution in [0, 0.1) is 5.82 Å². The second-order valence-electron chi connectivity index (χ2n) is 7.22. The zero-order chi connectivity index (χ0) is 21.5. The van der Waals surface area contributed by atoms with Crippen LogP contribution in [0.2, 0.25) is 0 Å². The first-order chi connectivity index (χ1) is 15.0. The van der Waals surface area contributed by atoms with Crippen molar-refractivity contribution in [3.63, 3.8) is 0 Å². The van der Waals surface area contributed by atoms with Crippen LogP contribution in [-0.4, -0.2) is 20.7 Å². The van der Waals surface area contributed by atoms with Crippen molar-refractivity contribution >= 4 is 28.4 Å². The summed E-state index contributed by atoms with van der Waals surface area (Å²) in [5, 5.41) is 4.24. The molecule has 0 fully saturated rings. The minimum Gasteiger partial charge on any atom is -0.485 e. The summed E-state index contributed by atoms with van der Waals surface area (Å²) in [6.45, 7) is 1.91. The molecule has 0 N–H and O–H groups in total. The normalized spacial score (nSPS) is 16.1. The molecule has 1 atom stereocenters. The molecule has 5 rings (SSSR count). The number of halogens is 1. The Bertz CT molecular complexity index is 1510. The number of para-hydroxylation sites is 1. The van der Waals surface area contributed by atoms with Crippen molar-refractivity contribution in [1.82, 2.24) is 14.6 Å². The molecule has 4 aromatic rings. The third-order valence-corrected chi connectivity index (χ3v) is 6.01. The molecule has 0 radical (unpaired) electrons. The van der Waals surface area contributed by atoms with Crippen molar-refractivity contribution in [1.29, 1.82) is 0 Å². The van der Waals surface area contributed by atoms with E-state index in [4.69, 9.17) is 4.74 Å². The number of fused-ring (bicyclic) bond motifs is 2. The van der Waals surface area contributed by atoms with E-state index in [0.29, 0.717) is 10.1 Å². The fourth-order valence-electron chi connectivity index (χ4n) is 3.42. The quantitative estimate of drug-likeness (QED) is 0.497. The predicted octanol–water partition coefficient (Wildman–Crippen LogP) is 2.61. The van der Waals surface area contributed by atoms with Gasteiger partial charge in [-0.1, -0.05) is 41.7 Å². The molecule has 0 aliphatic carbocycles. The molecule has 0 spiro atoms. The van der Waals surface area contributed by atoms with Gasteiger partial charge in [-0.25, -0.2) is 4.39 Å². The van der Waals surface area contributed by atoms with Crippen LogP contribution in [-0.2, 0) is 6.42 Å². The molecule has 8 heteroatoms. The summed E-state index contributed by atoms with van der Waals surface area (Å²) in [5.74, 6) is 0.435.